The Bertz CT molecular complexity index is 765. The largest absolute Gasteiger partial charge is 0.469 e. The molecule has 4 rings (SSSR count). The first-order chi connectivity index (χ1) is 11.7. The monoisotopic (exact) mass is 345 g/mol. The first-order valence-corrected chi connectivity index (χ1v) is 9.57. The summed E-state index contributed by atoms with van der Waals surface area (Å²) in [5.41, 5.74) is 1.47. The third-order valence-corrected chi connectivity index (χ3v) is 6.56. The average molecular weight is 345 g/mol. The van der Waals surface area contributed by atoms with Crippen molar-refractivity contribution in [2.75, 3.05) is 25.1 Å². The van der Waals surface area contributed by atoms with Gasteiger partial charge in [-0.3, -0.25) is 4.79 Å². The summed E-state index contributed by atoms with van der Waals surface area (Å²) in [6.07, 6.45) is 6.91. The van der Waals surface area contributed by atoms with Gasteiger partial charge in [0.2, 0.25) is 0 Å². The fourth-order valence-corrected chi connectivity index (χ4v) is 5.34. The molecule has 0 aromatic carbocycles. The van der Waals surface area contributed by atoms with Gasteiger partial charge in [-0.25, -0.2) is 9.97 Å². The van der Waals surface area contributed by atoms with Crippen molar-refractivity contribution in [3.63, 3.8) is 0 Å². The second kappa shape index (κ2) is 6.31. The Hall–Kier alpha value is -1.69. The van der Waals surface area contributed by atoms with Crippen molar-refractivity contribution in [1.82, 2.24) is 9.97 Å². The van der Waals surface area contributed by atoms with Gasteiger partial charge in [-0.15, -0.1) is 11.3 Å². The van der Waals surface area contributed by atoms with Crippen LogP contribution in [0.15, 0.2) is 6.33 Å². The summed E-state index contributed by atoms with van der Waals surface area (Å²) >= 11 is 1.84. The predicted molar refractivity (Wildman–Crippen MR) is 95.6 cm³/mol. The van der Waals surface area contributed by atoms with Gasteiger partial charge in [0.25, 0.3) is 0 Å². The molecule has 0 amide bonds. The molecular weight excluding hydrogens is 322 g/mol. The zero-order chi connectivity index (χ0) is 16.7. The lowest BCUT2D eigenvalue weighted by Crippen LogP contribution is -2.37. The molecule has 1 aliphatic heterocycles. The lowest BCUT2D eigenvalue weighted by atomic mass is 9.89. The topological polar surface area (TPSA) is 55.3 Å². The number of nitrogens with zero attached hydrogens (tertiary/aromatic N) is 3. The fourth-order valence-electron chi connectivity index (χ4n) is 3.99. The molecule has 24 heavy (non-hydrogen) atoms. The smallest absolute Gasteiger partial charge is 0.308 e. The average Bonchev–Trinajstić information content (AvgIpc) is 2.98. The van der Waals surface area contributed by atoms with Crippen LogP contribution in [0.3, 0.4) is 0 Å². The van der Waals surface area contributed by atoms with Gasteiger partial charge >= 0.3 is 5.97 Å². The Morgan fingerprint density at radius 1 is 1.29 bits per heavy atom. The van der Waals surface area contributed by atoms with E-state index in [0.29, 0.717) is 0 Å². The number of fused-ring (bicyclic) bond motifs is 3. The summed E-state index contributed by atoms with van der Waals surface area (Å²) < 4.78 is 4.89. The SMILES string of the molecule is COC(=O)C1CCN(c2ncnc3sc4c(c23)CC[C@@H](C)C4)CC1. The van der Waals surface area contributed by atoms with E-state index in [9.17, 15) is 4.79 Å². The molecule has 2 aliphatic rings. The Kier molecular flexibility index (Phi) is 4.16. The minimum absolute atomic E-state index is 0.0285. The van der Waals surface area contributed by atoms with Crippen LogP contribution in [0.25, 0.3) is 10.2 Å². The van der Waals surface area contributed by atoms with E-state index in [-0.39, 0.29) is 11.9 Å². The van der Waals surface area contributed by atoms with Crippen LogP contribution in [-0.4, -0.2) is 36.1 Å². The van der Waals surface area contributed by atoms with Crippen LogP contribution in [0.1, 0.15) is 36.6 Å². The molecule has 1 saturated heterocycles. The van der Waals surface area contributed by atoms with E-state index in [0.717, 1.165) is 48.9 Å². The quantitative estimate of drug-likeness (QED) is 0.782. The van der Waals surface area contributed by atoms with E-state index in [1.165, 1.54) is 35.8 Å². The zero-order valence-electron chi connectivity index (χ0n) is 14.2. The van der Waals surface area contributed by atoms with E-state index in [2.05, 4.69) is 21.8 Å². The molecular formula is C18H23N3O2S. The van der Waals surface area contributed by atoms with E-state index in [1.54, 1.807) is 6.33 Å². The predicted octanol–water partition coefficient (Wildman–Crippen LogP) is 3.21. The number of esters is 1. The maximum atomic E-state index is 11.7. The number of thiophene rings is 1. The molecule has 2 aromatic heterocycles. The van der Waals surface area contributed by atoms with Crippen LogP contribution in [-0.2, 0) is 22.4 Å². The number of rotatable bonds is 2. The molecule has 6 heteroatoms. The van der Waals surface area contributed by atoms with Gasteiger partial charge in [0, 0.05) is 18.0 Å². The van der Waals surface area contributed by atoms with Crippen molar-refractivity contribution in [3.8, 4) is 0 Å². The van der Waals surface area contributed by atoms with Crippen molar-refractivity contribution in [1.29, 1.82) is 0 Å². The van der Waals surface area contributed by atoms with Crippen molar-refractivity contribution in [2.45, 2.75) is 39.0 Å². The normalized spacial score (nSPS) is 21.8. The second-order valence-corrected chi connectivity index (χ2v) is 8.10. The molecule has 1 atom stereocenters. The highest BCUT2D eigenvalue weighted by atomic mass is 32.1. The van der Waals surface area contributed by atoms with Gasteiger partial charge in [-0.2, -0.15) is 0 Å². The van der Waals surface area contributed by atoms with Crippen molar-refractivity contribution >= 4 is 33.3 Å². The number of carbonyl (C=O) groups excluding carboxylic acids is 1. The van der Waals surface area contributed by atoms with Gasteiger partial charge in [0.15, 0.2) is 0 Å². The summed E-state index contributed by atoms with van der Waals surface area (Å²) in [4.78, 5) is 25.8. The summed E-state index contributed by atoms with van der Waals surface area (Å²) in [7, 11) is 1.47. The van der Waals surface area contributed by atoms with Gasteiger partial charge in [-0.05, 0) is 43.6 Å². The Morgan fingerprint density at radius 3 is 2.83 bits per heavy atom. The highest BCUT2D eigenvalue weighted by molar-refractivity contribution is 7.19. The molecule has 0 radical (unpaired) electrons. The Balaban J connectivity index is 1.65. The van der Waals surface area contributed by atoms with E-state index in [4.69, 9.17) is 4.74 Å². The number of hydrogen-bond acceptors (Lipinski definition) is 6. The van der Waals surface area contributed by atoms with Gasteiger partial charge < -0.3 is 9.64 Å². The fraction of sp³-hybridized carbons (Fsp3) is 0.611. The van der Waals surface area contributed by atoms with Crippen LogP contribution in [0.4, 0.5) is 5.82 Å². The first-order valence-electron chi connectivity index (χ1n) is 8.75. The Labute approximate surface area is 146 Å². The van der Waals surface area contributed by atoms with Crippen LogP contribution in [0.5, 0.6) is 0 Å². The summed E-state index contributed by atoms with van der Waals surface area (Å²) in [6, 6.07) is 0. The molecule has 0 unspecified atom stereocenters. The maximum Gasteiger partial charge on any atom is 0.308 e. The Morgan fingerprint density at radius 2 is 2.08 bits per heavy atom. The first kappa shape index (κ1) is 15.8. The highest BCUT2D eigenvalue weighted by Crippen LogP contribution is 2.41. The molecule has 5 nitrogen and oxygen atoms in total. The zero-order valence-corrected chi connectivity index (χ0v) is 15.1. The van der Waals surface area contributed by atoms with Crippen LogP contribution in [0.2, 0.25) is 0 Å². The number of aryl methyl sites for hydroxylation is 1. The molecule has 3 heterocycles. The number of hydrogen-bond donors (Lipinski definition) is 0. The second-order valence-electron chi connectivity index (χ2n) is 7.01. The minimum atomic E-state index is -0.0793. The molecule has 1 fully saturated rings. The molecule has 0 saturated carbocycles. The maximum absolute atomic E-state index is 11.7. The van der Waals surface area contributed by atoms with Crippen LogP contribution >= 0.6 is 11.3 Å². The number of aromatic nitrogens is 2. The number of anilines is 1. The lowest BCUT2D eigenvalue weighted by Gasteiger charge is -2.32. The summed E-state index contributed by atoms with van der Waals surface area (Å²) in [6.45, 7) is 4.04. The standard InChI is InChI=1S/C18H23N3O2S/c1-11-3-4-13-14(9-11)24-17-15(13)16(19-10-20-17)21-7-5-12(6-8-21)18(22)23-2/h10-12H,3-9H2,1-2H3/t11-/m1/s1. The van der Waals surface area contributed by atoms with Crippen LogP contribution in [0, 0.1) is 11.8 Å². The summed E-state index contributed by atoms with van der Waals surface area (Å²) in [5, 5.41) is 1.26. The van der Waals surface area contributed by atoms with Crippen LogP contribution < -0.4 is 4.90 Å². The molecule has 1 aliphatic carbocycles. The minimum Gasteiger partial charge on any atom is -0.469 e. The number of ether oxygens (including phenoxy) is 1. The third-order valence-electron chi connectivity index (χ3n) is 5.40. The summed E-state index contributed by atoms with van der Waals surface area (Å²) in [5.74, 6) is 1.78. The van der Waals surface area contributed by atoms with Gasteiger partial charge in [-0.1, -0.05) is 6.92 Å². The van der Waals surface area contributed by atoms with E-state index < -0.39 is 0 Å². The van der Waals surface area contributed by atoms with Crippen molar-refractivity contribution in [2.24, 2.45) is 11.8 Å². The number of piperidine rings is 1. The number of carbonyl (C=O) groups is 1. The molecule has 128 valence electrons. The molecule has 0 spiro atoms. The lowest BCUT2D eigenvalue weighted by molar-refractivity contribution is -0.146. The molecule has 0 N–H and O–H groups in total. The van der Waals surface area contributed by atoms with Gasteiger partial charge in [0.1, 0.15) is 17.0 Å². The number of methoxy groups -OCH3 is 1. The molecule has 2 aromatic rings. The van der Waals surface area contributed by atoms with Crippen molar-refractivity contribution < 1.29 is 9.53 Å². The van der Waals surface area contributed by atoms with E-state index >= 15 is 0 Å². The van der Waals surface area contributed by atoms with Gasteiger partial charge in [0.05, 0.1) is 18.4 Å². The highest BCUT2D eigenvalue weighted by Gasteiger charge is 2.29. The van der Waals surface area contributed by atoms with Crippen molar-refractivity contribution in [3.05, 3.63) is 16.8 Å². The molecule has 0 bridgehead atoms. The van der Waals surface area contributed by atoms with E-state index in [1.807, 2.05) is 11.3 Å². The third kappa shape index (κ3) is 2.66.